The van der Waals surface area contributed by atoms with Gasteiger partial charge in [-0.2, -0.15) is 0 Å². The fourth-order valence-electron chi connectivity index (χ4n) is 3.63. The average Bonchev–Trinajstić information content (AvgIpc) is 3.01. The van der Waals surface area contributed by atoms with Crippen LogP contribution in [0.15, 0.2) is 63.8 Å². The Hall–Kier alpha value is -2.31. The summed E-state index contributed by atoms with van der Waals surface area (Å²) in [5.41, 5.74) is 6.42. The van der Waals surface area contributed by atoms with Crippen molar-refractivity contribution in [3.05, 3.63) is 74.9 Å². The van der Waals surface area contributed by atoms with Crippen LogP contribution in [0.25, 0.3) is 22.2 Å². The van der Waals surface area contributed by atoms with Crippen LogP contribution in [0.5, 0.6) is 5.75 Å². The van der Waals surface area contributed by atoms with Gasteiger partial charge in [0.1, 0.15) is 11.4 Å². The number of hydrogen-bond donors (Lipinski definition) is 3. The van der Waals surface area contributed by atoms with E-state index in [1.807, 2.05) is 36.7 Å². The molecular weight excluding hydrogens is 458 g/mol. The minimum atomic E-state index is -0.0800. The largest absolute Gasteiger partial charge is 0.506 e. The van der Waals surface area contributed by atoms with Gasteiger partial charge in [0.15, 0.2) is 0 Å². The molecule has 128 valence electrons. The number of phenols is 1. The highest BCUT2D eigenvalue weighted by atomic mass is 79.9. The van der Waals surface area contributed by atoms with Crippen LogP contribution in [-0.2, 0) is 0 Å². The van der Waals surface area contributed by atoms with Crippen LogP contribution < -0.4 is 5.32 Å². The lowest BCUT2D eigenvalue weighted by molar-refractivity contribution is 0.468. The molecule has 0 fully saturated rings. The number of aromatic amines is 1. The maximum atomic E-state index is 10.1. The van der Waals surface area contributed by atoms with E-state index in [0.29, 0.717) is 8.95 Å². The number of hydrogen-bond acceptors (Lipinski definition) is 3. The van der Waals surface area contributed by atoms with Crippen LogP contribution >= 0.6 is 31.9 Å². The summed E-state index contributed by atoms with van der Waals surface area (Å²) in [5, 5.41) is 14.9. The lowest BCUT2D eigenvalue weighted by atomic mass is 9.97. The second-order valence-corrected chi connectivity index (χ2v) is 7.99. The van der Waals surface area contributed by atoms with E-state index in [2.05, 4.69) is 65.3 Å². The summed E-state index contributed by atoms with van der Waals surface area (Å²) in [5.74, 6) is 0.198. The Morgan fingerprint density at radius 3 is 2.58 bits per heavy atom. The second-order valence-electron chi connectivity index (χ2n) is 6.28. The topological polar surface area (TPSA) is 60.9 Å². The van der Waals surface area contributed by atoms with E-state index in [4.69, 9.17) is 0 Å². The Balaban J connectivity index is 1.83. The van der Waals surface area contributed by atoms with Crippen molar-refractivity contribution in [2.45, 2.75) is 6.04 Å². The first-order valence-corrected chi connectivity index (χ1v) is 9.72. The van der Waals surface area contributed by atoms with Crippen LogP contribution in [-0.4, -0.2) is 15.1 Å². The third-order valence-corrected chi connectivity index (χ3v) is 6.01. The third-order valence-electron chi connectivity index (χ3n) is 4.80. The van der Waals surface area contributed by atoms with Crippen molar-refractivity contribution in [1.29, 1.82) is 0 Å². The molecule has 4 aromatic rings. The average molecular weight is 471 g/mol. The van der Waals surface area contributed by atoms with Gasteiger partial charge in [0, 0.05) is 34.6 Å². The fraction of sp³-hybridized carbons (Fsp3) is 0.0500. The minimum absolute atomic E-state index is 0.0800. The smallest absolute Gasteiger partial charge is 0.143 e. The summed E-state index contributed by atoms with van der Waals surface area (Å²) in [4.78, 5) is 7.79. The van der Waals surface area contributed by atoms with Gasteiger partial charge in [0.25, 0.3) is 0 Å². The monoisotopic (exact) mass is 469 g/mol. The number of fused-ring (bicyclic) bond motifs is 2. The molecule has 1 aliphatic heterocycles. The molecule has 5 rings (SSSR count). The molecule has 0 radical (unpaired) electrons. The maximum absolute atomic E-state index is 10.1. The molecule has 2 aromatic heterocycles. The van der Waals surface area contributed by atoms with Crippen molar-refractivity contribution in [3.63, 3.8) is 0 Å². The van der Waals surface area contributed by atoms with E-state index in [1.54, 1.807) is 0 Å². The number of nitrogens with one attached hydrogen (secondary N) is 2. The Bertz CT molecular complexity index is 1150. The van der Waals surface area contributed by atoms with E-state index in [1.165, 1.54) is 0 Å². The number of H-pyrrole nitrogens is 1. The fourth-order valence-corrected chi connectivity index (χ4v) is 4.85. The maximum Gasteiger partial charge on any atom is 0.143 e. The number of aromatic nitrogens is 2. The molecule has 0 amide bonds. The molecule has 2 aromatic carbocycles. The third kappa shape index (κ3) is 2.29. The van der Waals surface area contributed by atoms with E-state index >= 15 is 0 Å². The van der Waals surface area contributed by atoms with Crippen molar-refractivity contribution < 1.29 is 5.11 Å². The standard InChI is InChI=1S/C20H13Br2N3O/c21-14-7-10(8-15(22)19(14)26)18-13-9-24-20-17(13)12(5-6-23-20)11-3-1-2-4-16(11)25-18/h1-9,18,25-26H,(H,23,24). The molecule has 6 heteroatoms. The summed E-state index contributed by atoms with van der Waals surface area (Å²) in [6.07, 6.45) is 3.85. The molecule has 26 heavy (non-hydrogen) atoms. The molecule has 1 unspecified atom stereocenters. The number of benzene rings is 2. The molecule has 0 saturated carbocycles. The zero-order valence-corrected chi connectivity index (χ0v) is 16.6. The number of nitrogens with zero attached hydrogens (tertiary/aromatic N) is 1. The number of rotatable bonds is 1. The Morgan fingerprint density at radius 1 is 1.00 bits per heavy atom. The normalized spacial score (nSPS) is 15.4. The van der Waals surface area contributed by atoms with Crippen LogP contribution in [0.2, 0.25) is 0 Å². The molecule has 0 aliphatic carbocycles. The second kappa shape index (κ2) is 5.86. The molecule has 4 nitrogen and oxygen atoms in total. The van der Waals surface area contributed by atoms with Gasteiger partial charge in [-0.1, -0.05) is 18.2 Å². The van der Waals surface area contributed by atoms with Crippen molar-refractivity contribution in [3.8, 4) is 16.9 Å². The van der Waals surface area contributed by atoms with Crippen molar-refractivity contribution in [1.82, 2.24) is 9.97 Å². The summed E-state index contributed by atoms with van der Waals surface area (Å²) in [6.45, 7) is 0. The van der Waals surface area contributed by atoms with Crippen molar-refractivity contribution in [2.75, 3.05) is 5.32 Å². The van der Waals surface area contributed by atoms with Crippen molar-refractivity contribution >= 4 is 48.6 Å². The van der Waals surface area contributed by atoms with Gasteiger partial charge in [0.2, 0.25) is 0 Å². The van der Waals surface area contributed by atoms with Gasteiger partial charge >= 0.3 is 0 Å². The summed E-state index contributed by atoms with van der Waals surface area (Å²) in [7, 11) is 0. The predicted molar refractivity (Wildman–Crippen MR) is 111 cm³/mol. The number of anilines is 1. The highest BCUT2D eigenvalue weighted by Crippen LogP contribution is 2.45. The zero-order valence-electron chi connectivity index (χ0n) is 13.4. The number of pyridine rings is 1. The molecule has 3 N–H and O–H groups in total. The van der Waals surface area contributed by atoms with Crippen LogP contribution in [0.3, 0.4) is 0 Å². The molecule has 1 atom stereocenters. The first kappa shape index (κ1) is 15.9. The molecular formula is C20H13Br2N3O. The molecule has 0 saturated heterocycles. The quantitative estimate of drug-likeness (QED) is 0.321. The molecule has 3 heterocycles. The molecule has 0 bridgehead atoms. The van der Waals surface area contributed by atoms with E-state index in [9.17, 15) is 5.11 Å². The molecule has 0 spiro atoms. The lowest BCUT2D eigenvalue weighted by Gasteiger charge is -2.20. The first-order chi connectivity index (χ1) is 12.6. The van der Waals surface area contributed by atoms with Gasteiger partial charge in [-0.05, 0) is 67.3 Å². The molecule has 1 aliphatic rings. The van der Waals surface area contributed by atoms with Gasteiger partial charge < -0.3 is 15.4 Å². The predicted octanol–water partition coefficient (Wildman–Crippen LogP) is 5.98. The van der Waals surface area contributed by atoms with Gasteiger partial charge in [0.05, 0.1) is 15.0 Å². The van der Waals surface area contributed by atoms with Gasteiger partial charge in [-0.25, -0.2) is 4.98 Å². The van der Waals surface area contributed by atoms with Crippen LogP contribution in [0.4, 0.5) is 5.69 Å². The highest BCUT2D eigenvalue weighted by Gasteiger charge is 2.26. The SMILES string of the molecule is Oc1c(Br)cc(C2Nc3ccccc3-c3ccnc4[nH]cc2c34)cc1Br. The van der Waals surface area contributed by atoms with Crippen molar-refractivity contribution in [2.24, 2.45) is 0 Å². The van der Waals surface area contributed by atoms with E-state index in [-0.39, 0.29) is 11.8 Å². The van der Waals surface area contributed by atoms with Crippen LogP contribution in [0.1, 0.15) is 17.2 Å². The van der Waals surface area contributed by atoms with Gasteiger partial charge in [-0.3, -0.25) is 0 Å². The van der Waals surface area contributed by atoms with E-state index in [0.717, 1.165) is 39.0 Å². The Labute approximate surface area is 166 Å². The Kier molecular flexibility index (Phi) is 3.58. The van der Waals surface area contributed by atoms with Gasteiger partial charge in [-0.15, -0.1) is 0 Å². The number of aromatic hydroxyl groups is 1. The number of halogens is 2. The number of phenolic OH excluding ortho intramolecular Hbond substituents is 1. The zero-order chi connectivity index (χ0) is 17.8. The Morgan fingerprint density at radius 2 is 1.77 bits per heavy atom. The first-order valence-electron chi connectivity index (χ1n) is 8.13. The highest BCUT2D eigenvalue weighted by molar-refractivity contribution is 9.11. The summed E-state index contributed by atoms with van der Waals surface area (Å²) < 4.78 is 1.30. The lowest BCUT2D eigenvalue weighted by Crippen LogP contribution is -2.11. The summed E-state index contributed by atoms with van der Waals surface area (Å²) >= 11 is 6.89. The van der Waals surface area contributed by atoms with Crippen LogP contribution in [0, 0.1) is 0 Å². The number of para-hydroxylation sites is 1. The summed E-state index contributed by atoms with van der Waals surface area (Å²) in [6, 6.07) is 14.2. The minimum Gasteiger partial charge on any atom is -0.506 e. The van der Waals surface area contributed by atoms with E-state index < -0.39 is 0 Å².